The van der Waals surface area contributed by atoms with Crippen LogP contribution in [0.15, 0.2) is 49.6 Å². The first-order chi connectivity index (χ1) is 21.6. The van der Waals surface area contributed by atoms with Gasteiger partial charge in [-0.1, -0.05) is 52.7 Å². The van der Waals surface area contributed by atoms with Gasteiger partial charge in [0.15, 0.2) is 0 Å². The van der Waals surface area contributed by atoms with Crippen LogP contribution in [0.1, 0.15) is 73.1 Å². The Kier molecular flexibility index (Phi) is 11.2. The lowest BCUT2D eigenvalue weighted by atomic mass is 9.64. The average molecular weight is 624 g/mol. The lowest BCUT2D eigenvalue weighted by Crippen LogP contribution is -2.59. The van der Waals surface area contributed by atoms with E-state index in [9.17, 15) is 19.5 Å². The number of anilines is 1. The molecule has 0 saturated carbocycles. The predicted molar refractivity (Wildman–Crippen MR) is 176 cm³/mol. The van der Waals surface area contributed by atoms with Gasteiger partial charge in [0.1, 0.15) is 17.4 Å². The van der Waals surface area contributed by atoms with Gasteiger partial charge in [0.05, 0.1) is 36.7 Å². The van der Waals surface area contributed by atoms with E-state index in [0.29, 0.717) is 50.4 Å². The van der Waals surface area contributed by atoms with E-state index >= 15 is 0 Å². The molecule has 3 fully saturated rings. The quantitative estimate of drug-likeness (QED) is 0.194. The fraction of sp³-hybridized carbons (Fsp3) is 0.639. The molecule has 4 rings (SSSR count). The summed E-state index contributed by atoms with van der Waals surface area (Å²) in [6.45, 7) is 19.1. The van der Waals surface area contributed by atoms with E-state index in [1.807, 2.05) is 52.0 Å². The molecular weight excluding hydrogens is 570 g/mol. The van der Waals surface area contributed by atoms with Gasteiger partial charge < -0.3 is 29.3 Å². The van der Waals surface area contributed by atoms with E-state index in [1.165, 1.54) is 0 Å². The molecule has 1 spiro atoms. The zero-order chi connectivity index (χ0) is 32.9. The second-order valence-corrected chi connectivity index (χ2v) is 13.0. The molecule has 248 valence electrons. The van der Waals surface area contributed by atoms with E-state index in [0.717, 1.165) is 19.3 Å². The summed E-state index contributed by atoms with van der Waals surface area (Å²) in [5.74, 6) is -1.77. The van der Waals surface area contributed by atoms with Crippen LogP contribution < -0.4 is 9.64 Å². The van der Waals surface area contributed by atoms with Crippen molar-refractivity contribution in [3.8, 4) is 5.75 Å². The molecule has 3 heterocycles. The number of fused-ring (bicyclic) bond motifs is 1. The average Bonchev–Trinajstić information content (AvgIpc) is 3.63. The number of rotatable bonds is 17. The number of unbranched alkanes of at least 4 members (excludes halogenated alkanes) is 2. The van der Waals surface area contributed by atoms with Gasteiger partial charge in [-0.3, -0.25) is 14.4 Å². The number of aliphatic hydroxyl groups is 1. The molecule has 1 aromatic carbocycles. The molecule has 0 aromatic heterocycles. The summed E-state index contributed by atoms with van der Waals surface area (Å²) < 4.78 is 12.6. The third-order valence-corrected chi connectivity index (χ3v) is 10.2. The van der Waals surface area contributed by atoms with Crippen LogP contribution in [0.4, 0.5) is 5.69 Å². The van der Waals surface area contributed by atoms with Gasteiger partial charge in [0.2, 0.25) is 17.7 Å². The van der Waals surface area contributed by atoms with Crippen LogP contribution in [0.5, 0.6) is 5.75 Å². The third kappa shape index (κ3) is 6.06. The van der Waals surface area contributed by atoms with Crippen LogP contribution in [0.2, 0.25) is 0 Å². The van der Waals surface area contributed by atoms with Crippen molar-refractivity contribution in [3.05, 3.63) is 49.6 Å². The maximum atomic E-state index is 14.8. The van der Waals surface area contributed by atoms with Crippen LogP contribution in [0.3, 0.4) is 0 Å². The molecule has 2 unspecified atom stereocenters. The molecule has 9 nitrogen and oxygen atoms in total. The number of carbonyl (C=O) groups is 3. The van der Waals surface area contributed by atoms with Gasteiger partial charge in [0.25, 0.3) is 0 Å². The molecule has 9 heteroatoms. The second kappa shape index (κ2) is 14.5. The van der Waals surface area contributed by atoms with Gasteiger partial charge >= 0.3 is 0 Å². The molecule has 3 saturated heterocycles. The summed E-state index contributed by atoms with van der Waals surface area (Å²) >= 11 is 0. The number of nitrogens with zero attached hydrogens (tertiary/aromatic N) is 3. The zero-order valence-corrected chi connectivity index (χ0v) is 27.9. The largest absolute Gasteiger partial charge is 0.494 e. The first-order valence-corrected chi connectivity index (χ1v) is 16.8. The van der Waals surface area contributed by atoms with E-state index in [4.69, 9.17) is 9.47 Å². The van der Waals surface area contributed by atoms with Crippen molar-refractivity contribution in [1.82, 2.24) is 9.80 Å². The minimum absolute atomic E-state index is 0.120. The molecule has 1 N–H and O–H groups in total. The van der Waals surface area contributed by atoms with Crippen LogP contribution in [-0.2, 0) is 19.1 Å². The lowest BCUT2D eigenvalue weighted by Gasteiger charge is -2.40. The first-order valence-electron chi connectivity index (χ1n) is 16.8. The molecule has 0 radical (unpaired) electrons. The summed E-state index contributed by atoms with van der Waals surface area (Å²) in [6.07, 6.45) is 7.79. The van der Waals surface area contributed by atoms with Crippen molar-refractivity contribution in [3.63, 3.8) is 0 Å². The molecule has 6 atom stereocenters. The number of likely N-dealkylation sites (tertiary alicyclic amines) is 1. The van der Waals surface area contributed by atoms with Crippen molar-refractivity contribution < 1.29 is 29.0 Å². The highest BCUT2D eigenvalue weighted by molar-refractivity contribution is 6.03. The van der Waals surface area contributed by atoms with Crippen molar-refractivity contribution in [2.75, 3.05) is 37.7 Å². The first kappa shape index (κ1) is 34.7. The Morgan fingerprint density at radius 3 is 2.33 bits per heavy atom. The summed E-state index contributed by atoms with van der Waals surface area (Å²) in [5.41, 5.74) is -1.38. The van der Waals surface area contributed by atoms with E-state index in [1.54, 1.807) is 26.9 Å². The van der Waals surface area contributed by atoms with Crippen molar-refractivity contribution >= 4 is 23.4 Å². The number of benzene rings is 1. The maximum Gasteiger partial charge on any atom is 0.248 e. The number of aliphatic hydroxyl groups excluding tert-OH is 1. The molecule has 3 aliphatic rings. The fourth-order valence-electron chi connectivity index (χ4n) is 7.97. The monoisotopic (exact) mass is 623 g/mol. The fourth-order valence-corrected chi connectivity index (χ4v) is 7.97. The minimum Gasteiger partial charge on any atom is -0.494 e. The Bertz CT molecular complexity index is 1230. The van der Waals surface area contributed by atoms with Crippen molar-refractivity contribution in [2.24, 2.45) is 17.8 Å². The topological polar surface area (TPSA) is 99.6 Å². The normalized spacial score (nSPS) is 27.4. The molecule has 1 aromatic rings. The highest BCUT2D eigenvalue weighted by atomic mass is 16.5. The molecular formula is C36H53N3O6. The van der Waals surface area contributed by atoms with E-state index < -0.39 is 35.1 Å². The van der Waals surface area contributed by atoms with Crippen LogP contribution in [0, 0.1) is 17.8 Å². The molecule has 45 heavy (non-hydrogen) atoms. The van der Waals surface area contributed by atoms with Gasteiger partial charge in [-0.2, -0.15) is 0 Å². The van der Waals surface area contributed by atoms with E-state index in [-0.39, 0.29) is 36.8 Å². The predicted octanol–water partition coefficient (Wildman–Crippen LogP) is 4.98. The van der Waals surface area contributed by atoms with Gasteiger partial charge in [-0.05, 0) is 62.8 Å². The molecule has 0 aliphatic carbocycles. The van der Waals surface area contributed by atoms with Gasteiger partial charge in [-0.25, -0.2) is 0 Å². The summed E-state index contributed by atoms with van der Waals surface area (Å²) in [4.78, 5) is 49.3. The Labute approximate surface area is 269 Å². The number of hydrogen-bond donors (Lipinski definition) is 1. The summed E-state index contributed by atoms with van der Waals surface area (Å²) in [7, 11) is 0. The molecule has 3 aliphatic heterocycles. The summed E-state index contributed by atoms with van der Waals surface area (Å²) in [6, 6.07) is 5.80. The number of amides is 3. The van der Waals surface area contributed by atoms with Gasteiger partial charge in [0, 0.05) is 25.3 Å². The zero-order valence-electron chi connectivity index (χ0n) is 27.9. The Morgan fingerprint density at radius 1 is 1.09 bits per heavy atom. The van der Waals surface area contributed by atoms with Gasteiger partial charge in [-0.15, -0.1) is 13.2 Å². The van der Waals surface area contributed by atoms with Crippen molar-refractivity contribution in [1.29, 1.82) is 0 Å². The smallest absolute Gasteiger partial charge is 0.248 e. The number of hydrogen-bond acceptors (Lipinski definition) is 6. The second-order valence-electron chi connectivity index (χ2n) is 13.0. The lowest BCUT2D eigenvalue weighted by molar-refractivity contribution is -0.157. The van der Waals surface area contributed by atoms with Crippen molar-refractivity contribution in [2.45, 2.75) is 96.4 Å². The Balaban J connectivity index is 1.82. The maximum absolute atomic E-state index is 14.8. The van der Waals surface area contributed by atoms with E-state index in [2.05, 4.69) is 20.1 Å². The Hall–Kier alpha value is -3.17. The SMILES string of the molecule is C=CCN(CCCCC)C(=O)C1N([C@@H](CO)C(C)C)C(=O)[C@@H]2[C@@H](C(=O)N(CC=C)c3ccc(OCC)cc3)[C@@]3(CC)CCC12O3. The standard InChI is InChI=1S/C36H53N3O6/c1-8-13-14-23-37(21-9-2)34(43)31-36-20-19-35(11-4,45-36)29(30(36)33(42)39(31)28(24-40)25(6)7)32(41)38(22-10-3)26-15-17-27(18-16-26)44-12-5/h9-10,15-18,25,28-31,40H,2-3,8,11-14,19-24H2,1,4-7H3/t28-,29-,30-,31?,35+,36?/m0/s1. The number of carbonyl (C=O) groups excluding carboxylic acids is 3. The van der Waals surface area contributed by atoms with Crippen LogP contribution >= 0.6 is 0 Å². The minimum atomic E-state index is -1.17. The number of ether oxygens (including phenoxy) is 2. The molecule has 3 amide bonds. The highest BCUT2D eigenvalue weighted by Crippen LogP contribution is 2.65. The van der Waals surface area contributed by atoms with Crippen LogP contribution in [0.25, 0.3) is 0 Å². The third-order valence-electron chi connectivity index (χ3n) is 10.2. The Morgan fingerprint density at radius 2 is 1.78 bits per heavy atom. The van der Waals surface area contributed by atoms with Crippen LogP contribution in [-0.4, -0.2) is 88.8 Å². The summed E-state index contributed by atoms with van der Waals surface area (Å²) in [5, 5.41) is 10.6. The molecule has 2 bridgehead atoms. The highest BCUT2D eigenvalue weighted by Gasteiger charge is 2.79.